The van der Waals surface area contributed by atoms with E-state index in [0.717, 1.165) is 31.2 Å². The SMILES string of the molecule is CCCCC(CC)C(=O)NCc1nnc(SCc2ccc(F)cc2)n1-c1ccc([N+](=O)[O-])cc1. The summed E-state index contributed by atoms with van der Waals surface area (Å²) in [5.74, 6) is 0.684. The lowest BCUT2D eigenvalue weighted by Gasteiger charge is -2.15. The Labute approximate surface area is 202 Å². The standard InChI is InChI=1S/C24H28FN5O3S/c1-3-5-6-18(4-2)23(31)26-15-22-27-28-24(34-16-17-7-9-19(25)10-8-17)29(22)20-11-13-21(14-12-20)30(32)33/h7-14,18H,3-6,15-16H2,1-2H3,(H,26,31). The highest BCUT2D eigenvalue weighted by Gasteiger charge is 2.19. The molecule has 1 heterocycles. The van der Waals surface area contributed by atoms with E-state index >= 15 is 0 Å². The molecule has 0 fully saturated rings. The topological polar surface area (TPSA) is 103 Å². The number of unbranched alkanes of at least 4 members (excludes halogenated alkanes) is 1. The highest BCUT2D eigenvalue weighted by atomic mass is 32.2. The molecule has 0 aliphatic heterocycles. The number of thioether (sulfide) groups is 1. The van der Waals surface area contributed by atoms with E-state index in [4.69, 9.17) is 0 Å². The minimum Gasteiger partial charge on any atom is -0.349 e. The number of nitrogens with one attached hydrogen (secondary N) is 1. The van der Waals surface area contributed by atoms with Crippen LogP contribution in [0.25, 0.3) is 5.69 Å². The maximum absolute atomic E-state index is 13.2. The van der Waals surface area contributed by atoms with E-state index in [-0.39, 0.29) is 29.9 Å². The Kier molecular flexibility index (Phi) is 9.15. The minimum absolute atomic E-state index is 0.0188. The van der Waals surface area contributed by atoms with Gasteiger partial charge < -0.3 is 5.32 Å². The van der Waals surface area contributed by atoms with Gasteiger partial charge >= 0.3 is 0 Å². The van der Waals surface area contributed by atoms with Gasteiger partial charge in [-0.1, -0.05) is 50.6 Å². The predicted molar refractivity (Wildman–Crippen MR) is 129 cm³/mol. The average molecular weight is 486 g/mol. The summed E-state index contributed by atoms with van der Waals surface area (Å²) < 4.78 is 15.0. The highest BCUT2D eigenvalue weighted by Crippen LogP contribution is 2.26. The third-order valence-corrected chi connectivity index (χ3v) is 6.49. The summed E-state index contributed by atoms with van der Waals surface area (Å²) in [6.07, 6.45) is 3.63. The van der Waals surface area contributed by atoms with Crippen molar-refractivity contribution < 1.29 is 14.1 Å². The molecule has 8 nitrogen and oxygen atoms in total. The van der Waals surface area contributed by atoms with Gasteiger partial charge in [0.25, 0.3) is 5.69 Å². The van der Waals surface area contributed by atoms with Crippen LogP contribution in [0.3, 0.4) is 0 Å². The second kappa shape index (κ2) is 12.3. The molecule has 1 amide bonds. The largest absolute Gasteiger partial charge is 0.349 e. The van der Waals surface area contributed by atoms with E-state index in [1.54, 1.807) is 28.8 Å². The predicted octanol–water partition coefficient (Wildman–Crippen LogP) is 5.44. The summed E-state index contributed by atoms with van der Waals surface area (Å²) in [5.41, 5.74) is 1.55. The first kappa shape index (κ1) is 25.4. The van der Waals surface area contributed by atoms with E-state index < -0.39 is 4.92 Å². The molecule has 0 bridgehead atoms. The van der Waals surface area contributed by atoms with Crippen LogP contribution >= 0.6 is 11.8 Å². The molecule has 1 atom stereocenters. The molecule has 180 valence electrons. The minimum atomic E-state index is -0.456. The van der Waals surface area contributed by atoms with Gasteiger partial charge in [0, 0.05) is 29.5 Å². The van der Waals surface area contributed by atoms with Crippen molar-refractivity contribution in [1.82, 2.24) is 20.1 Å². The maximum atomic E-state index is 13.2. The summed E-state index contributed by atoms with van der Waals surface area (Å²) in [4.78, 5) is 23.3. The van der Waals surface area contributed by atoms with Crippen molar-refractivity contribution in [3.63, 3.8) is 0 Å². The van der Waals surface area contributed by atoms with Gasteiger partial charge in [0.15, 0.2) is 11.0 Å². The molecular weight excluding hydrogens is 457 g/mol. The van der Waals surface area contributed by atoms with Gasteiger partial charge in [-0.25, -0.2) is 4.39 Å². The number of halogens is 1. The Hall–Kier alpha value is -3.27. The number of carbonyl (C=O) groups is 1. The van der Waals surface area contributed by atoms with Crippen LogP contribution in [0.1, 0.15) is 50.9 Å². The summed E-state index contributed by atoms with van der Waals surface area (Å²) in [7, 11) is 0. The first-order valence-corrected chi connectivity index (χ1v) is 12.3. The fourth-order valence-corrected chi connectivity index (χ4v) is 4.43. The zero-order chi connectivity index (χ0) is 24.5. The van der Waals surface area contributed by atoms with Gasteiger partial charge in [-0.3, -0.25) is 19.5 Å². The normalized spacial score (nSPS) is 11.9. The number of nitrogens with zero attached hydrogens (tertiary/aromatic N) is 4. The van der Waals surface area contributed by atoms with Crippen LogP contribution in [0.4, 0.5) is 10.1 Å². The zero-order valence-electron chi connectivity index (χ0n) is 19.2. The maximum Gasteiger partial charge on any atom is 0.269 e. The Morgan fingerprint density at radius 1 is 1.15 bits per heavy atom. The summed E-state index contributed by atoms with van der Waals surface area (Å²) in [5, 5.41) is 23.2. The third-order valence-electron chi connectivity index (χ3n) is 5.49. The van der Waals surface area contributed by atoms with Crippen molar-refractivity contribution in [3.05, 3.63) is 75.9 Å². The molecule has 0 radical (unpaired) electrons. The van der Waals surface area contributed by atoms with E-state index in [0.29, 0.717) is 22.4 Å². The van der Waals surface area contributed by atoms with E-state index in [1.165, 1.54) is 36.0 Å². The van der Waals surface area contributed by atoms with Gasteiger partial charge in [-0.15, -0.1) is 10.2 Å². The molecule has 1 unspecified atom stereocenters. The molecule has 3 aromatic rings. The number of hydrogen-bond donors (Lipinski definition) is 1. The van der Waals surface area contributed by atoms with Crippen molar-refractivity contribution >= 4 is 23.4 Å². The lowest BCUT2D eigenvalue weighted by molar-refractivity contribution is -0.384. The molecule has 0 aliphatic carbocycles. The lowest BCUT2D eigenvalue weighted by atomic mass is 9.98. The van der Waals surface area contributed by atoms with Gasteiger partial charge in [0.2, 0.25) is 5.91 Å². The molecule has 3 rings (SSSR count). The van der Waals surface area contributed by atoms with Gasteiger partial charge in [0.1, 0.15) is 5.82 Å². The van der Waals surface area contributed by atoms with Crippen molar-refractivity contribution in [2.75, 3.05) is 0 Å². The number of nitro benzene ring substituents is 1. The van der Waals surface area contributed by atoms with Crippen LogP contribution in [0, 0.1) is 21.8 Å². The van der Waals surface area contributed by atoms with Crippen LogP contribution in [0.2, 0.25) is 0 Å². The second-order valence-electron chi connectivity index (χ2n) is 7.89. The number of amides is 1. The third kappa shape index (κ3) is 6.63. The Morgan fingerprint density at radius 2 is 1.85 bits per heavy atom. The molecule has 0 spiro atoms. The van der Waals surface area contributed by atoms with Crippen LogP contribution in [-0.4, -0.2) is 25.6 Å². The molecule has 0 saturated heterocycles. The van der Waals surface area contributed by atoms with Gasteiger partial charge in [-0.05, 0) is 42.7 Å². The smallest absolute Gasteiger partial charge is 0.269 e. The highest BCUT2D eigenvalue weighted by molar-refractivity contribution is 7.98. The summed E-state index contributed by atoms with van der Waals surface area (Å²) >= 11 is 1.41. The van der Waals surface area contributed by atoms with Gasteiger partial charge in [0.05, 0.1) is 11.5 Å². The van der Waals surface area contributed by atoms with E-state index in [1.807, 2.05) is 6.92 Å². The van der Waals surface area contributed by atoms with E-state index in [9.17, 15) is 19.3 Å². The molecule has 10 heteroatoms. The average Bonchev–Trinajstić information content (AvgIpc) is 3.25. The number of nitro groups is 1. The zero-order valence-corrected chi connectivity index (χ0v) is 20.1. The molecule has 34 heavy (non-hydrogen) atoms. The Balaban J connectivity index is 1.82. The lowest BCUT2D eigenvalue weighted by Crippen LogP contribution is -2.31. The first-order valence-electron chi connectivity index (χ1n) is 11.3. The van der Waals surface area contributed by atoms with Crippen LogP contribution < -0.4 is 5.32 Å². The number of hydrogen-bond acceptors (Lipinski definition) is 6. The van der Waals surface area contributed by atoms with E-state index in [2.05, 4.69) is 22.4 Å². The number of carbonyl (C=O) groups excluding carboxylic acids is 1. The number of rotatable bonds is 12. The molecular formula is C24H28FN5O3S. The van der Waals surface area contributed by atoms with Crippen LogP contribution in [0.15, 0.2) is 53.7 Å². The van der Waals surface area contributed by atoms with Gasteiger partial charge in [-0.2, -0.15) is 0 Å². The fourth-order valence-electron chi connectivity index (χ4n) is 3.50. The number of non-ortho nitro benzene ring substituents is 1. The number of aromatic nitrogens is 3. The Morgan fingerprint density at radius 3 is 2.47 bits per heavy atom. The first-order chi connectivity index (χ1) is 16.4. The fraction of sp³-hybridized carbons (Fsp3) is 0.375. The quantitative estimate of drug-likeness (QED) is 0.208. The van der Waals surface area contributed by atoms with Crippen molar-refractivity contribution in [3.8, 4) is 5.69 Å². The molecule has 1 aromatic heterocycles. The monoisotopic (exact) mass is 485 g/mol. The molecule has 0 saturated carbocycles. The van der Waals surface area contributed by atoms with Crippen LogP contribution in [-0.2, 0) is 17.1 Å². The van der Waals surface area contributed by atoms with Crippen molar-refractivity contribution in [2.24, 2.45) is 5.92 Å². The molecule has 1 N–H and O–H groups in total. The van der Waals surface area contributed by atoms with Crippen molar-refractivity contribution in [2.45, 2.75) is 57.0 Å². The second-order valence-corrected chi connectivity index (χ2v) is 8.83. The van der Waals surface area contributed by atoms with Crippen molar-refractivity contribution in [1.29, 1.82) is 0 Å². The molecule has 0 aliphatic rings. The van der Waals surface area contributed by atoms with Crippen LogP contribution in [0.5, 0.6) is 0 Å². The molecule has 2 aromatic carbocycles. The summed E-state index contributed by atoms with van der Waals surface area (Å²) in [6.45, 7) is 4.29. The summed E-state index contributed by atoms with van der Waals surface area (Å²) in [6, 6.07) is 12.3. The Bertz CT molecular complexity index is 1100. The number of benzene rings is 2.